The molecule has 0 atom stereocenters. The van der Waals surface area contributed by atoms with Crippen LogP contribution in [-0.4, -0.2) is 34.3 Å². The number of nitrogens with zero attached hydrogens (tertiary/aromatic N) is 4. The van der Waals surface area contributed by atoms with E-state index in [0.29, 0.717) is 6.54 Å². The first-order chi connectivity index (χ1) is 15.2. The summed E-state index contributed by atoms with van der Waals surface area (Å²) in [5.74, 6) is 0.962. The summed E-state index contributed by atoms with van der Waals surface area (Å²) in [6.07, 6.45) is 8.99. The van der Waals surface area contributed by atoms with Gasteiger partial charge in [0.25, 0.3) is 0 Å². The fourth-order valence-electron chi connectivity index (χ4n) is 4.53. The third-order valence-corrected chi connectivity index (χ3v) is 6.30. The number of rotatable bonds is 3. The van der Waals surface area contributed by atoms with Gasteiger partial charge in [-0.2, -0.15) is 10.2 Å². The number of amides is 1. The first kappa shape index (κ1) is 19.6. The van der Waals surface area contributed by atoms with E-state index in [4.69, 9.17) is 4.74 Å². The molecule has 0 bridgehead atoms. The van der Waals surface area contributed by atoms with Crippen molar-refractivity contribution in [3.05, 3.63) is 60.6 Å². The van der Waals surface area contributed by atoms with Crippen LogP contribution in [0.25, 0.3) is 11.1 Å². The average molecular weight is 415 g/mol. The van der Waals surface area contributed by atoms with Gasteiger partial charge in [0, 0.05) is 30.4 Å². The summed E-state index contributed by atoms with van der Waals surface area (Å²) in [5, 5.41) is 11.3. The molecule has 7 nitrogen and oxygen atoms in total. The van der Waals surface area contributed by atoms with Crippen molar-refractivity contribution in [3.8, 4) is 11.1 Å². The van der Waals surface area contributed by atoms with E-state index < -0.39 is 0 Å². The topological polar surface area (TPSA) is 80.2 Å². The number of ether oxygens (including phenoxy) is 1. The third kappa shape index (κ3) is 3.88. The van der Waals surface area contributed by atoms with Gasteiger partial charge < -0.3 is 15.0 Å². The maximum Gasteiger partial charge on any atom is 0.230 e. The van der Waals surface area contributed by atoms with Crippen molar-refractivity contribution in [3.63, 3.8) is 0 Å². The standard InChI is InChI=1S/C24H25N5O2/c1-31-20-7-4-16(5-8-20)24(30)29-15-19-3-2-11-25-23(19)28-21-9-6-17(13-22(21)29)18-10-12-26-27-14-18/h2-3,6,9-14,16,20H,4-5,7-8,15H2,1H3,(H,25,28). The number of aromatic nitrogens is 3. The molecule has 1 fully saturated rings. The van der Waals surface area contributed by atoms with Crippen LogP contribution in [-0.2, 0) is 16.1 Å². The molecule has 3 aromatic rings. The molecule has 158 valence electrons. The number of hydrogen-bond acceptors (Lipinski definition) is 6. The van der Waals surface area contributed by atoms with E-state index in [1.165, 1.54) is 0 Å². The van der Waals surface area contributed by atoms with Gasteiger partial charge in [-0.25, -0.2) is 4.98 Å². The quantitative estimate of drug-likeness (QED) is 0.686. The predicted molar refractivity (Wildman–Crippen MR) is 119 cm³/mol. The zero-order valence-corrected chi connectivity index (χ0v) is 17.5. The van der Waals surface area contributed by atoms with Crippen LogP contribution < -0.4 is 10.2 Å². The summed E-state index contributed by atoms with van der Waals surface area (Å²) >= 11 is 0. The Morgan fingerprint density at radius 2 is 1.94 bits per heavy atom. The van der Waals surface area contributed by atoms with Crippen LogP contribution in [0.3, 0.4) is 0 Å². The van der Waals surface area contributed by atoms with Crippen LogP contribution in [0.15, 0.2) is 55.0 Å². The molecule has 2 aliphatic rings. The van der Waals surface area contributed by atoms with Crippen molar-refractivity contribution < 1.29 is 9.53 Å². The highest BCUT2D eigenvalue weighted by molar-refractivity contribution is 6.00. The summed E-state index contributed by atoms with van der Waals surface area (Å²) in [4.78, 5) is 20.2. The Hall–Kier alpha value is -3.32. The Kier molecular flexibility index (Phi) is 5.34. The van der Waals surface area contributed by atoms with Crippen molar-refractivity contribution in [2.45, 2.75) is 38.3 Å². The van der Waals surface area contributed by atoms with Crippen LogP contribution >= 0.6 is 0 Å². The molecule has 3 heterocycles. The average Bonchev–Trinajstić information content (AvgIpc) is 3.00. The Morgan fingerprint density at radius 1 is 1.06 bits per heavy atom. The molecule has 31 heavy (non-hydrogen) atoms. The molecule has 1 N–H and O–H groups in total. The molecule has 1 aromatic carbocycles. The SMILES string of the molecule is COC1CCC(C(=O)N2Cc3cccnc3Nc3ccc(-c4ccnnc4)cc32)CC1. The number of carbonyl (C=O) groups excluding carboxylic acids is 1. The molecule has 5 rings (SSSR count). The van der Waals surface area contributed by atoms with Crippen molar-refractivity contribution >= 4 is 23.1 Å². The molecule has 0 saturated heterocycles. The zero-order valence-electron chi connectivity index (χ0n) is 17.5. The lowest BCUT2D eigenvalue weighted by atomic mass is 9.86. The highest BCUT2D eigenvalue weighted by Gasteiger charge is 2.33. The van der Waals surface area contributed by atoms with E-state index in [1.54, 1.807) is 25.7 Å². The molecule has 0 spiro atoms. The van der Waals surface area contributed by atoms with Gasteiger partial charge in [-0.05, 0) is 55.5 Å². The number of pyridine rings is 1. The Bertz CT molecular complexity index is 1080. The molecule has 7 heteroatoms. The summed E-state index contributed by atoms with van der Waals surface area (Å²) in [6.45, 7) is 0.490. The van der Waals surface area contributed by atoms with Gasteiger partial charge in [0.15, 0.2) is 0 Å². The molecule has 1 saturated carbocycles. The second kappa shape index (κ2) is 8.43. The van der Waals surface area contributed by atoms with Gasteiger partial charge in [0.05, 0.1) is 36.4 Å². The number of hydrogen-bond donors (Lipinski definition) is 1. The monoisotopic (exact) mass is 415 g/mol. The fraction of sp³-hybridized carbons (Fsp3) is 0.333. The Labute approximate surface area is 181 Å². The third-order valence-electron chi connectivity index (χ3n) is 6.30. The Morgan fingerprint density at radius 3 is 2.71 bits per heavy atom. The van der Waals surface area contributed by atoms with Crippen LogP contribution in [0.2, 0.25) is 0 Å². The Balaban J connectivity index is 1.54. The molecule has 1 aliphatic heterocycles. The van der Waals surface area contributed by atoms with Gasteiger partial charge >= 0.3 is 0 Å². The summed E-state index contributed by atoms with van der Waals surface area (Å²) in [6, 6.07) is 12.0. The van der Waals surface area contributed by atoms with Gasteiger partial charge in [-0.3, -0.25) is 4.79 Å². The van der Waals surface area contributed by atoms with Crippen LogP contribution in [0.1, 0.15) is 31.2 Å². The van der Waals surface area contributed by atoms with E-state index in [2.05, 4.69) is 26.6 Å². The number of fused-ring (bicyclic) bond motifs is 2. The van der Waals surface area contributed by atoms with Gasteiger partial charge in [-0.1, -0.05) is 12.1 Å². The second-order valence-electron chi connectivity index (χ2n) is 8.13. The summed E-state index contributed by atoms with van der Waals surface area (Å²) < 4.78 is 5.50. The van der Waals surface area contributed by atoms with Crippen molar-refractivity contribution in [2.75, 3.05) is 17.3 Å². The lowest BCUT2D eigenvalue weighted by molar-refractivity contribution is -0.124. The minimum absolute atomic E-state index is 0.00344. The molecule has 1 aliphatic carbocycles. The number of nitrogens with one attached hydrogen (secondary N) is 1. The number of anilines is 3. The van der Waals surface area contributed by atoms with E-state index in [0.717, 1.165) is 59.6 Å². The van der Waals surface area contributed by atoms with Crippen LogP contribution in [0, 0.1) is 5.92 Å². The van der Waals surface area contributed by atoms with E-state index in [9.17, 15) is 4.79 Å². The number of carbonyl (C=O) groups is 1. The normalized spacial score (nSPS) is 20.2. The summed E-state index contributed by atoms with van der Waals surface area (Å²) in [5.41, 5.74) is 4.71. The molecule has 1 amide bonds. The maximum atomic E-state index is 13.7. The van der Waals surface area contributed by atoms with Crippen molar-refractivity contribution in [1.29, 1.82) is 0 Å². The minimum Gasteiger partial charge on any atom is -0.381 e. The van der Waals surface area contributed by atoms with E-state index >= 15 is 0 Å². The molecule has 0 radical (unpaired) electrons. The van der Waals surface area contributed by atoms with Gasteiger partial charge in [0.1, 0.15) is 5.82 Å². The number of methoxy groups -OCH3 is 1. The van der Waals surface area contributed by atoms with Crippen molar-refractivity contribution in [2.24, 2.45) is 5.92 Å². The maximum absolute atomic E-state index is 13.7. The molecular formula is C24H25N5O2. The van der Waals surface area contributed by atoms with E-state index in [1.807, 2.05) is 35.2 Å². The summed E-state index contributed by atoms with van der Waals surface area (Å²) in [7, 11) is 1.75. The fourth-order valence-corrected chi connectivity index (χ4v) is 4.53. The first-order valence-electron chi connectivity index (χ1n) is 10.7. The number of benzene rings is 1. The molecule has 2 aromatic heterocycles. The smallest absolute Gasteiger partial charge is 0.230 e. The minimum atomic E-state index is 0.00344. The lowest BCUT2D eigenvalue weighted by Gasteiger charge is -2.32. The zero-order chi connectivity index (χ0) is 21.2. The molecule has 0 unspecified atom stereocenters. The highest BCUT2D eigenvalue weighted by atomic mass is 16.5. The largest absolute Gasteiger partial charge is 0.381 e. The van der Waals surface area contributed by atoms with Crippen LogP contribution in [0.4, 0.5) is 17.2 Å². The molecular weight excluding hydrogens is 390 g/mol. The second-order valence-corrected chi connectivity index (χ2v) is 8.13. The first-order valence-corrected chi connectivity index (χ1v) is 10.7. The highest BCUT2D eigenvalue weighted by Crippen LogP contribution is 2.39. The lowest BCUT2D eigenvalue weighted by Crippen LogP contribution is -2.38. The van der Waals surface area contributed by atoms with Crippen molar-refractivity contribution in [1.82, 2.24) is 15.2 Å². The van der Waals surface area contributed by atoms with Crippen LogP contribution in [0.5, 0.6) is 0 Å². The predicted octanol–water partition coefficient (Wildman–Crippen LogP) is 4.33. The van der Waals surface area contributed by atoms with Gasteiger partial charge in [-0.15, -0.1) is 0 Å². The van der Waals surface area contributed by atoms with Gasteiger partial charge in [0.2, 0.25) is 5.91 Å². The van der Waals surface area contributed by atoms with E-state index in [-0.39, 0.29) is 17.9 Å².